The van der Waals surface area contributed by atoms with Crippen molar-refractivity contribution in [2.24, 2.45) is 5.73 Å². The van der Waals surface area contributed by atoms with Gasteiger partial charge in [0, 0.05) is 29.9 Å². The van der Waals surface area contributed by atoms with Gasteiger partial charge in [-0.05, 0) is 54.8 Å². The monoisotopic (exact) mass is 387 g/mol. The van der Waals surface area contributed by atoms with E-state index in [1.165, 1.54) is 16.4 Å². The molecular formula is C19H21N3O4S. The van der Waals surface area contributed by atoms with Crippen molar-refractivity contribution in [2.45, 2.75) is 18.6 Å². The lowest BCUT2D eigenvalue weighted by Crippen LogP contribution is -2.29. The third-order valence-corrected chi connectivity index (χ3v) is 6.30. The van der Waals surface area contributed by atoms with Crippen molar-refractivity contribution in [3.05, 3.63) is 65.2 Å². The lowest BCUT2D eigenvalue weighted by Gasteiger charge is -2.15. The first-order valence-corrected chi connectivity index (χ1v) is 10.2. The molecule has 0 unspecified atom stereocenters. The highest BCUT2D eigenvalue weighted by Crippen LogP contribution is 2.18. The zero-order valence-corrected chi connectivity index (χ0v) is 15.5. The molecule has 0 bridgehead atoms. The maximum Gasteiger partial charge on any atom is 0.255 e. The molecule has 0 radical (unpaired) electrons. The number of amides is 2. The molecule has 0 spiro atoms. The van der Waals surface area contributed by atoms with E-state index in [0.29, 0.717) is 35.5 Å². The molecule has 0 aliphatic carbocycles. The smallest absolute Gasteiger partial charge is 0.255 e. The van der Waals surface area contributed by atoms with Gasteiger partial charge in [-0.2, -0.15) is 0 Å². The fourth-order valence-electron chi connectivity index (χ4n) is 2.94. The fraction of sp³-hybridized carbons (Fsp3) is 0.263. The Hall–Kier alpha value is -2.71. The zero-order chi connectivity index (χ0) is 19.4. The first-order chi connectivity index (χ1) is 12.8. The number of benzene rings is 2. The van der Waals surface area contributed by atoms with E-state index in [1.807, 2.05) is 0 Å². The van der Waals surface area contributed by atoms with E-state index in [9.17, 15) is 18.0 Å². The number of sulfonamides is 1. The van der Waals surface area contributed by atoms with Gasteiger partial charge < -0.3 is 11.1 Å². The maximum atomic E-state index is 12.4. The highest BCUT2D eigenvalue weighted by Gasteiger charge is 2.25. The van der Waals surface area contributed by atoms with Crippen LogP contribution in [-0.2, 0) is 15.8 Å². The van der Waals surface area contributed by atoms with Crippen molar-refractivity contribution in [3.8, 4) is 0 Å². The molecule has 0 aromatic heterocycles. The molecule has 27 heavy (non-hydrogen) atoms. The van der Waals surface area contributed by atoms with Gasteiger partial charge in [0.25, 0.3) is 5.91 Å². The lowest BCUT2D eigenvalue weighted by atomic mass is 10.1. The average molecular weight is 387 g/mol. The van der Waals surface area contributed by atoms with E-state index >= 15 is 0 Å². The normalized spacial score (nSPS) is 14.8. The molecular weight excluding hydrogens is 366 g/mol. The number of carbonyl (C=O) groups is 2. The first kappa shape index (κ1) is 19.1. The highest BCUT2D eigenvalue weighted by atomic mass is 32.2. The van der Waals surface area contributed by atoms with Crippen molar-refractivity contribution >= 4 is 27.5 Å². The van der Waals surface area contributed by atoms with Gasteiger partial charge in [-0.25, -0.2) is 12.7 Å². The van der Waals surface area contributed by atoms with Crippen molar-refractivity contribution in [1.82, 2.24) is 4.31 Å². The number of hydrogen-bond acceptors (Lipinski definition) is 4. The van der Waals surface area contributed by atoms with Crippen LogP contribution in [0.4, 0.5) is 5.69 Å². The summed E-state index contributed by atoms with van der Waals surface area (Å²) in [6, 6.07) is 12.7. The number of carbonyl (C=O) groups excluding carboxylic acids is 2. The predicted molar refractivity (Wildman–Crippen MR) is 103 cm³/mol. The number of nitrogens with two attached hydrogens (primary N) is 1. The van der Waals surface area contributed by atoms with E-state index in [1.54, 1.807) is 36.4 Å². The Morgan fingerprint density at radius 3 is 2.04 bits per heavy atom. The SMILES string of the molecule is NC(=O)c1ccc(NC(=O)c2ccc(CS(=O)(=O)N3CCCC3)cc2)cc1. The third-order valence-electron chi connectivity index (χ3n) is 4.45. The van der Waals surface area contributed by atoms with E-state index in [4.69, 9.17) is 5.73 Å². The summed E-state index contributed by atoms with van der Waals surface area (Å²) in [6.07, 6.45) is 1.80. The second-order valence-electron chi connectivity index (χ2n) is 6.46. The maximum absolute atomic E-state index is 12.4. The number of nitrogens with one attached hydrogen (secondary N) is 1. The van der Waals surface area contributed by atoms with E-state index in [0.717, 1.165) is 12.8 Å². The Kier molecular flexibility index (Phi) is 5.57. The van der Waals surface area contributed by atoms with E-state index in [-0.39, 0.29) is 11.7 Å². The molecule has 7 nitrogen and oxygen atoms in total. The molecule has 1 aliphatic heterocycles. The topological polar surface area (TPSA) is 110 Å². The van der Waals surface area contributed by atoms with Crippen molar-refractivity contribution in [1.29, 1.82) is 0 Å². The molecule has 8 heteroatoms. The third kappa shape index (κ3) is 4.72. The molecule has 2 amide bonds. The molecule has 1 saturated heterocycles. The summed E-state index contributed by atoms with van der Waals surface area (Å²) in [5.41, 5.74) is 7.13. The Bertz CT molecular complexity index is 932. The van der Waals surface area contributed by atoms with Gasteiger partial charge >= 0.3 is 0 Å². The van der Waals surface area contributed by atoms with Crippen LogP contribution >= 0.6 is 0 Å². The minimum atomic E-state index is -3.31. The summed E-state index contributed by atoms with van der Waals surface area (Å²) in [7, 11) is -3.31. The number of primary amides is 1. The number of anilines is 1. The predicted octanol–water partition coefficient (Wildman–Crippen LogP) is 1.96. The Labute approximate surface area is 158 Å². The van der Waals surface area contributed by atoms with Crippen LogP contribution < -0.4 is 11.1 Å². The molecule has 2 aromatic carbocycles. The van der Waals surface area contributed by atoms with Crippen LogP contribution in [0.2, 0.25) is 0 Å². The van der Waals surface area contributed by atoms with Crippen molar-refractivity contribution < 1.29 is 18.0 Å². The molecule has 0 saturated carbocycles. The Morgan fingerprint density at radius 2 is 1.48 bits per heavy atom. The molecule has 1 fully saturated rings. The molecule has 0 atom stereocenters. The second-order valence-corrected chi connectivity index (χ2v) is 8.42. The quantitative estimate of drug-likeness (QED) is 0.789. The first-order valence-electron chi connectivity index (χ1n) is 8.63. The Balaban J connectivity index is 1.64. The van der Waals surface area contributed by atoms with E-state index in [2.05, 4.69) is 5.32 Å². The summed E-state index contributed by atoms with van der Waals surface area (Å²) >= 11 is 0. The van der Waals surface area contributed by atoms with Crippen LogP contribution in [0.15, 0.2) is 48.5 Å². The molecule has 142 valence electrons. The van der Waals surface area contributed by atoms with Crippen LogP contribution in [0.25, 0.3) is 0 Å². The molecule has 1 aliphatic rings. The number of hydrogen-bond donors (Lipinski definition) is 2. The largest absolute Gasteiger partial charge is 0.366 e. The van der Waals surface area contributed by atoms with Crippen molar-refractivity contribution in [3.63, 3.8) is 0 Å². The second kappa shape index (κ2) is 7.89. The van der Waals surface area contributed by atoms with Gasteiger partial charge in [0.15, 0.2) is 0 Å². The van der Waals surface area contributed by atoms with Crippen LogP contribution in [0, 0.1) is 0 Å². The van der Waals surface area contributed by atoms with Gasteiger partial charge in [-0.1, -0.05) is 12.1 Å². The van der Waals surface area contributed by atoms with Gasteiger partial charge in [0.05, 0.1) is 5.75 Å². The van der Waals surface area contributed by atoms with Crippen LogP contribution in [-0.4, -0.2) is 37.6 Å². The lowest BCUT2D eigenvalue weighted by molar-refractivity contribution is 0.0998. The molecule has 1 heterocycles. The van der Waals surface area contributed by atoms with Crippen LogP contribution in [0.5, 0.6) is 0 Å². The van der Waals surface area contributed by atoms with Gasteiger partial charge in [-0.15, -0.1) is 0 Å². The summed E-state index contributed by atoms with van der Waals surface area (Å²) in [5, 5.41) is 2.72. The number of nitrogens with zero attached hydrogens (tertiary/aromatic N) is 1. The molecule has 2 aromatic rings. The summed E-state index contributed by atoms with van der Waals surface area (Å²) < 4.78 is 26.2. The van der Waals surface area contributed by atoms with Crippen LogP contribution in [0.3, 0.4) is 0 Å². The molecule has 3 rings (SSSR count). The van der Waals surface area contributed by atoms with Crippen molar-refractivity contribution in [2.75, 3.05) is 18.4 Å². The fourth-order valence-corrected chi connectivity index (χ4v) is 4.55. The standard InChI is InChI=1S/C19H21N3O4S/c20-18(23)15-7-9-17(10-8-15)21-19(24)16-5-3-14(4-6-16)13-27(25,26)22-11-1-2-12-22/h3-10H,1-2,11-13H2,(H2,20,23)(H,21,24). The number of rotatable bonds is 6. The summed E-state index contributed by atoms with van der Waals surface area (Å²) in [6.45, 7) is 1.16. The average Bonchev–Trinajstić information content (AvgIpc) is 3.18. The van der Waals surface area contributed by atoms with E-state index < -0.39 is 15.9 Å². The summed E-state index contributed by atoms with van der Waals surface area (Å²) in [4.78, 5) is 23.4. The minimum absolute atomic E-state index is 0.0660. The van der Waals surface area contributed by atoms with Crippen LogP contribution in [0.1, 0.15) is 39.1 Å². The summed E-state index contributed by atoms with van der Waals surface area (Å²) in [5.74, 6) is -0.924. The van der Waals surface area contributed by atoms with Gasteiger partial charge in [-0.3, -0.25) is 9.59 Å². The Morgan fingerprint density at radius 1 is 0.926 bits per heavy atom. The van der Waals surface area contributed by atoms with Gasteiger partial charge in [0.1, 0.15) is 0 Å². The minimum Gasteiger partial charge on any atom is -0.366 e. The molecule has 3 N–H and O–H groups in total. The zero-order valence-electron chi connectivity index (χ0n) is 14.7. The van der Waals surface area contributed by atoms with Gasteiger partial charge in [0.2, 0.25) is 15.9 Å². The highest BCUT2D eigenvalue weighted by molar-refractivity contribution is 7.88.